The molecule has 6 aromatic rings. The lowest BCUT2D eigenvalue weighted by atomic mass is 9.75. The summed E-state index contributed by atoms with van der Waals surface area (Å²) in [6, 6.07) is 45.4. The number of benzene rings is 5. The monoisotopic (exact) mass is 567 g/mol. The zero-order valence-corrected chi connectivity index (χ0v) is 25.0. The molecule has 1 aromatic heterocycles. The van der Waals surface area contributed by atoms with E-state index in [0.717, 1.165) is 29.3 Å². The van der Waals surface area contributed by atoms with E-state index in [1.54, 1.807) is 0 Å². The van der Waals surface area contributed by atoms with Crippen LogP contribution in [0.4, 0.5) is 28.6 Å². The Hall–Kier alpha value is -5.41. The number of allylic oxidation sites excluding steroid dienone is 2. The molecule has 2 aliphatic rings. The van der Waals surface area contributed by atoms with E-state index in [1.807, 2.05) is 12.3 Å². The van der Waals surface area contributed by atoms with E-state index < -0.39 is 0 Å². The Kier molecular flexibility index (Phi) is 6.38. The summed E-state index contributed by atoms with van der Waals surface area (Å²) in [5, 5.41) is 2.65. The van der Waals surface area contributed by atoms with Gasteiger partial charge in [-0.3, -0.25) is 0 Å². The molecule has 0 radical (unpaired) electrons. The van der Waals surface area contributed by atoms with Crippen LogP contribution in [0.2, 0.25) is 0 Å². The van der Waals surface area contributed by atoms with Crippen molar-refractivity contribution in [2.45, 2.75) is 26.3 Å². The Morgan fingerprint density at radius 3 is 1.95 bits per heavy atom. The van der Waals surface area contributed by atoms with Crippen molar-refractivity contribution >= 4 is 50.5 Å². The summed E-state index contributed by atoms with van der Waals surface area (Å²) in [6.07, 6.45) is 7.67. The van der Waals surface area contributed by atoms with E-state index in [0.29, 0.717) is 0 Å². The molecule has 1 unspecified atom stereocenters. The Bertz CT molecular complexity index is 1970. The fourth-order valence-electron chi connectivity index (χ4n) is 7.09. The van der Waals surface area contributed by atoms with Crippen LogP contribution in [0.15, 0.2) is 146 Å². The van der Waals surface area contributed by atoms with Gasteiger partial charge in [-0.05, 0) is 114 Å². The lowest BCUT2D eigenvalue weighted by Gasteiger charge is -2.39. The molecule has 1 atom stereocenters. The van der Waals surface area contributed by atoms with Crippen LogP contribution in [-0.4, -0.2) is 11.0 Å². The van der Waals surface area contributed by atoms with Crippen molar-refractivity contribution in [1.29, 1.82) is 0 Å². The van der Waals surface area contributed by atoms with E-state index in [2.05, 4.69) is 157 Å². The van der Waals surface area contributed by atoms with Crippen LogP contribution >= 0.6 is 0 Å². The van der Waals surface area contributed by atoms with Crippen LogP contribution in [-0.2, 0) is 6.42 Å². The summed E-state index contributed by atoms with van der Waals surface area (Å²) < 4.78 is 0. The summed E-state index contributed by atoms with van der Waals surface area (Å²) in [5.74, 6) is 0.944. The second-order valence-corrected chi connectivity index (χ2v) is 11.7. The maximum Gasteiger partial charge on any atom is 0.133 e. The van der Waals surface area contributed by atoms with Crippen LogP contribution in [0.1, 0.15) is 29.2 Å². The maximum absolute atomic E-state index is 4.84. The third-order valence-electron chi connectivity index (χ3n) is 9.06. The van der Waals surface area contributed by atoms with Crippen molar-refractivity contribution in [2.75, 3.05) is 9.80 Å². The highest BCUT2D eigenvalue weighted by Crippen LogP contribution is 2.50. The van der Waals surface area contributed by atoms with Gasteiger partial charge in [0.25, 0.3) is 0 Å². The van der Waals surface area contributed by atoms with Crippen LogP contribution in [0.5, 0.6) is 0 Å². The molecule has 2 aliphatic carbocycles. The molecule has 8 rings (SSSR count). The SMILES string of the molecule is CC1=CC(N(c2ccccc2)c2ccccn2)C2=CCc3c(C)cc(N(c4ccccc4)c4ccccc4)c4ccc1c2c34. The summed E-state index contributed by atoms with van der Waals surface area (Å²) >= 11 is 0. The smallest absolute Gasteiger partial charge is 0.133 e. The first-order valence-electron chi connectivity index (χ1n) is 15.3. The van der Waals surface area contributed by atoms with E-state index in [-0.39, 0.29) is 6.04 Å². The predicted octanol–water partition coefficient (Wildman–Crippen LogP) is 10.6. The van der Waals surface area contributed by atoms with Crippen molar-refractivity contribution in [3.63, 3.8) is 0 Å². The van der Waals surface area contributed by atoms with Gasteiger partial charge in [-0.15, -0.1) is 0 Å². The topological polar surface area (TPSA) is 19.4 Å². The average Bonchev–Trinajstić information content (AvgIpc) is 3.08. The molecule has 5 aromatic carbocycles. The zero-order chi connectivity index (χ0) is 29.6. The number of hydrogen-bond acceptors (Lipinski definition) is 3. The zero-order valence-electron chi connectivity index (χ0n) is 25.0. The van der Waals surface area contributed by atoms with Crippen LogP contribution in [0.3, 0.4) is 0 Å². The molecule has 0 bridgehead atoms. The van der Waals surface area contributed by atoms with Gasteiger partial charge < -0.3 is 9.80 Å². The molecule has 3 nitrogen and oxygen atoms in total. The van der Waals surface area contributed by atoms with Crippen LogP contribution in [0, 0.1) is 6.92 Å². The Labute approximate surface area is 259 Å². The molecule has 1 heterocycles. The molecule has 0 N–H and O–H groups in total. The van der Waals surface area contributed by atoms with Gasteiger partial charge in [0.1, 0.15) is 5.82 Å². The van der Waals surface area contributed by atoms with E-state index in [4.69, 9.17) is 4.98 Å². The number of aryl methyl sites for hydroxylation is 1. The number of hydrogen-bond donors (Lipinski definition) is 0. The second kappa shape index (κ2) is 10.7. The summed E-state index contributed by atoms with van der Waals surface area (Å²) in [7, 11) is 0. The van der Waals surface area contributed by atoms with Gasteiger partial charge in [0.05, 0.1) is 11.7 Å². The largest absolute Gasteiger partial charge is 0.315 e. The van der Waals surface area contributed by atoms with Gasteiger partial charge in [-0.25, -0.2) is 4.98 Å². The first-order chi connectivity index (χ1) is 21.7. The third-order valence-corrected chi connectivity index (χ3v) is 9.06. The molecular formula is C41H33N3. The number of nitrogens with zero attached hydrogens (tertiary/aromatic N) is 3. The highest BCUT2D eigenvalue weighted by Gasteiger charge is 2.34. The van der Waals surface area contributed by atoms with Crippen molar-refractivity contribution in [1.82, 2.24) is 4.98 Å². The number of anilines is 5. The van der Waals surface area contributed by atoms with Gasteiger partial charge in [-0.1, -0.05) is 84.9 Å². The van der Waals surface area contributed by atoms with E-state index in [9.17, 15) is 0 Å². The normalized spacial score (nSPS) is 15.0. The highest BCUT2D eigenvalue weighted by molar-refractivity contribution is 6.11. The fourth-order valence-corrected chi connectivity index (χ4v) is 7.09. The number of para-hydroxylation sites is 3. The molecule has 0 aliphatic heterocycles. The minimum Gasteiger partial charge on any atom is -0.315 e. The highest BCUT2D eigenvalue weighted by atomic mass is 15.2. The fraction of sp³-hybridized carbons (Fsp3) is 0.0976. The Morgan fingerprint density at radius 1 is 0.682 bits per heavy atom. The Morgan fingerprint density at radius 2 is 1.32 bits per heavy atom. The minimum atomic E-state index is 0.0156. The number of pyridine rings is 1. The molecule has 3 heteroatoms. The quantitative estimate of drug-likeness (QED) is 0.200. The van der Waals surface area contributed by atoms with E-state index >= 15 is 0 Å². The molecule has 44 heavy (non-hydrogen) atoms. The number of aromatic nitrogens is 1. The standard InChI is InChI=1S/C41H33N3/c1-28-26-37(43(30-14-6-3-7-15-30)31-16-8-4-9-17-31)35-23-21-34-29(2)27-38(36-24-22-33(28)40(35)41(34)36)44(32-18-10-5-11-19-32)39-20-12-13-25-42-39/h3-21,23-27,38H,22H2,1-2H3. The molecule has 0 fully saturated rings. The van der Waals surface area contributed by atoms with Crippen LogP contribution < -0.4 is 9.80 Å². The van der Waals surface area contributed by atoms with E-state index in [1.165, 1.54) is 49.9 Å². The van der Waals surface area contributed by atoms with Crippen molar-refractivity contribution in [2.24, 2.45) is 0 Å². The lowest BCUT2D eigenvalue weighted by molar-refractivity contribution is 0.921. The van der Waals surface area contributed by atoms with Crippen LogP contribution in [0.25, 0.3) is 21.9 Å². The lowest BCUT2D eigenvalue weighted by Crippen LogP contribution is -2.34. The molecule has 0 saturated carbocycles. The average molecular weight is 568 g/mol. The van der Waals surface area contributed by atoms with Crippen molar-refractivity contribution in [3.05, 3.63) is 168 Å². The molecule has 0 amide bonds. The Balaban J connectivity index is 1.38. The maximum atomic E-state index is 4.84. The second-order valence-electron chi connectivity index (χ2n) is 11.7. The summed E-state index contributed by atoms with van der Waals surface area (Å²) in [5.41, 5.74) is 12.7. The first-order valence-corrected chi connectivity index (χ1v) is 15.3. The van der Waals surface area contributed by atoms with Gasteiger partial charge in [0.15, 0.2) is 0 Å². The van der Waals surface area contributed by atoms with Gasteiger partial charge in [0.2, 0.25) is 0 Å². The molecular weight excluding hydrogens is 534 g/mol. The predicted molar refractivity (Wildman–Crippen MR) is 185 cm³/mol. The molecule has 0 saturated heterocycles. The van der Waals surface area contributed by atoms with Crippen molar-refractivity contribution < 1.29 is 0 Å². The third kappa shape index (κ3) is 4.24. The van der Waals surface area contributed by atoms with Gasteiger partial charge in [-0.2, -0.15) is 0 Å². The van der Waals surface area contributed by atoms with Crippen molar-refractivity contribution in [3.8, 4) is 0 Å². The minimum absolute atomic E-state index is 0.0156. The molecule has 212 valence electrons. The number of rotatable bonds is 6. The summed E-state index contributed by atoms with van der Waals surface area (Å²) in [6.45, 7) is 4.53. The van der Waals surface area contributed by atoms with Gasteiger partial charge in [0, 0.05) is 28.6 Å². The van der Waals surface area contributed by atoms with Gasteiger partial charge >= 0.3 is 0 Å². The summed E-state index contributed by atoms with van der Waals surface area (Å²) in [4.78, 5) is 9.63. The first kappa shape index (κ1) is 26.2. The molecule has 0 spiro atoms.